The first-order valence-electron chi connectivity index (χ1n) is 8.58. The Kier molecular flexibility index (Phi) is 3.83. The predicted octanol–water partition coefficient (Wildman–Crippen LogP) is 3.16. The third-order valence-corrected chi connectivity index (χ3v) is 5.52. The van der Waals surface area contributed by atoms with E-state index in [1.807, 2.05) is 0 Å². The number of anilines is 2. The number of aliphatic hydroxyl groups is 1. The monoisotopic (exact) mass is 308 g/mol. The van der Waals surface area contributed by atoms with E-state index >= 15 is 0 Å². The van der Waals surface area contributed by atoms with Crippen molar-refractivity contribution in [3.05, 3.63) is 60.2 Å². The highest BCUT2D eigenvalue weighted by atomic mass is 16.3. The number of aliphatic hydroxyl groups excluding tert-OH is 1. The second kappa shape index (κ2) is 5.99. The minimum Gasteiger partial charge on any atom is -0.395 e. The number of fused-ring (bicyclic) bond motifs is 2. The van der Waals surface area contributed by atoms with Crippen LogP contribution in [-0.2, 0) is 5.41 Å². The van der Waals surface area contributed by atoms with E-state index in [4.69, 9.17) is 0 Å². The molecule has 0 atom stereocenters. The summed E-state index contributed by atoms with van der Waals surface area (Å²) >= 11 is 0. The van der Waals surface area contributed by atoms with Crippen LogP contribution < -0.4 is 4.90 Å². The highest BCUT2D eigenvalue weighted by Gasteiger charge is 2.44. The van der Waals surface area contributed by atoms with Crippen molar-refractivity contribution in [3.8, 4) is 0 Å². The van der Waals surface area contributed by atoms with Gasteiger partial charge in [0.15, 0.2) is 0 Å². The molecule has 1 spiro atoms. The zero-order chi connectivity index (χ0) is 15.7. The first-order chi connectivity index (χ1) is 11.3. The van der Waals surface area contributed by atoms with E-state index in [9.17, 15) is 5.11 Å². The topological polar surface area (TPSA) is 26.7 Å². The summed E-state index contributed by atoms with van der Waals surface area (Å²) in [5, 5.41) is 9.17. The molecule has 2 aliphatic rings. The summed E-state index contributed by atoms with van der Waals surface area (Å²) in [5.41, 5.74) is 4.43. The van der Waals surface area contributed by atoms with Gasteiger partial charge in [0.2, 0.25) is 0 Å². The van der Waals surface area contributed by atoms with Crippen LogP contribution >= 0.6 is 0 Å². The SMILES string of the molecule is OCCN1CCC2(CC1)CN(c1ccccc1)c1ccccc12. The van der Waals surface area contributed by atoms with E-state index in [0.717, 1.165) is 26.2 Å². The molecule has 0 aliphatic carbocycles. The fraction of sp³-hybridized carbons (Fsp3) is 0.400. The number of hydrogen-bond donors (Lipinski definition) is 1. The average molecular weight is 308 g/mol. The number of benzene rings is 2. The van der Waals surface area contributed by atoms with Crippen molar-refractivity contribution in [2.45, 2.75) is 18.3 Å². The molecule has 0 saturated carbocycles. The fourth-order valence-corrected chi connectivity index (χ4v) is 4.24. The van der Waals surface area contributed by atoms with Crippen molar-refractivity contribution < 1.29 is 5.11 Å². The molecule has 1 fully saturated rings. The minimum absolute atomic E-state index is 0.262. The van der Waals surface area contributed by atoms with E-state index in [1.54, 1.807) is 0 Å². The fourth-order valence-electron chi connectivity index (χ4n) is 4.24. The molecule has 3 heteroatoms. The van der Waals surface area contributed by atoms with Gasteiger partial charge in [-0.25, -0.2) is 0 Å². The zero-order valence-corrected chi connectivity index (χ0v) is 13.5. The van der Waals surface area contributed by atoms with Gasteiger partial charge in [-0.1, -0.05) is 36.4 Å². The Hall–Kier alpha value is -1.84. The number of hydrogen-bond acceptors (Lipinski definition) is 3. The first kappa shape index (κ1) is 14.7. The van der Waals surface area contributed by atoms with Gasteiger partial charge in [-0.15, -0.1) is 0 Å². The van der Waals surface area contributed by atoms with Gasteiger partial charge < -0.3 is 14.9 Å². The molecule has 1 saturated heterocycles. The maximum Gasteiger partial charge on any atom is 0.0558 e. The van der Waals surface area contributed by atoms with Crippen molar-refractivity contribution in [3.63, 3.8) is 0 Å². The number of para-hydroxylation sites is 2. The lowest BCUT2D eigenvalue weighted by molar-refractivity contribution is 0.136. The third kappa shape index (κ3) is 2.54. The molecular weight excluding hydrogens is 284 g/mol. The van der Waals surface area contributed by atoms with E-state index in [-0.39, 0.29) is 12.0 Å². The zero-order valence-electron chi connectivity index (χ0n) is 13.5. The maximum absolute atomic E-state index is 9.17. The van der Waals surface area contributed by atoms with Crippen molar-refractivity contribution in [1.29, 1.82) is 0 Å². The molecule has 23 heavy (non-hydrogen) atoms. The van der Waals surface area contributed by atoms with Crippen LogP contribution in [0.15, 0.2) is 54.6 Å². The van der Waals surface area contributed by atoms with Gasteiger partial charge in [0.25, 0.3) is 0 Å². The molecular formula is C20H24N2O. The van der Waals surface area contributed by atoms with Gasteiger partial charge in [-0.2, -0.15) is 0 Å². The van der Waals surface area contributed by atoms with Crippen LogP contribution in [0.1, 0.15) is 18.4 Å². The Morgan fingerprint density at radius 3 is 2.35 bits per heavy atom. The summed E-state index contributed by atoms with van der Waals surface area (Å²) in [7, 11) is 0. The molecule has 0 bridgehead atoms. The van der Waals surface area contributed by atoms with Crippen molar-refractivity contribution in [1.82, 2.24) is 4.90 Å². The molecule has 2 aliphatic heterocycles. The number of likely N-dealkylation sites (tertiary alicyclic amines) is 1. The molecule has 0 radical (unpaired) electrons. The lowest BCUT2D eigenvalue weighted by atomic mass is 9.74. The number of rotatable bonds is 3. The quantitative estimate of drug-likeness (QED) is 0.943. The Morgan fingerprint density at radius 2 is 1.61 bits per heavy atom. The van der Waals surface area contributed by atoms with Crippen LogP contribution in [0.4, 0.5) is 11.4 Å². The molecule has 1 N–H and O–H groups in total. The minimum atomic E-state index is 0.262. The third-order valence-electron chi connectivity index (χ3n) is 5.52. The van der Waals surface area contributed by atoms with Gasteiger partial charge in [0.05, 0.1) is 6.61 Å². The maximum atomic E-state index is 9.17. The molecule has 0 unspecified atom stereocenters. The van der Waals surface area contributed by atoms with Crippen LogP contribution in [0.3, 0.4) is 0 Å². The number of β-amino-alcohol motifs (C(OH)–C–C–N with tert-alkyl or cyclic N) is 1. The van der Waals surface area contributed by atoms with Gasteiger partial charge in [-0.05, 0) is 49.7 Å². The number of piperidine rings is 1. The second-order valence-electron chi connectivity index (χ2n) is 6.78. The average Bonchev–Trinajstić information content (AvgIpc) is 2.93. The highest BCUT2D eigenvalue weighted by molar-refractivity contribution is 5.72. The highest BCUT2D eigenvalue weighted by Crippen LogP contribution is 2.49. The van der Waals surface area contributed by atoms with Crippen LogP contribution in [0, 0.1) is 0 Å². The van der Waals surface area contributed by atoms with Gasteiger partial charge >= 0.3 is 0 Å². The summed E-state index contributed by atoms with van der Waals surface area (Å²) in [4.78, 5) is 4.87. The molecule has 0 amide bonds. The molecule has 2 aromatic rings. The van der Waals surface area contributed by atoms with Crippen molar-refractivity contribution in [2.24, 2.45) is 0 Å². The normalized spacial score (nSPS) is 20.0. The lowest BCUT2D eigenvalue weighted by Gasteiger charge is -2.39. The standard InChI is InChI=1S/C20H24N2O/c23-15-14-21-12-10-20(11-13-21)16-22(17-6-2-1-3-7-17)19-9-5-4-8-18(19)20/h1-9,23H,10-16H2. The molecule has 3 nitrogen and oxygen atoms in total. The molecule has 2 aromatic carbocycles. The smallest absolute Gasteiger partial charge is 0.0558 e. The summed E-state index contributed by atoms with van der Waals surface area (Å²) in [6.45, 7) is 4.30. The molecule has 120 valence electrons. The predicted molar refractivity (Wildman–Crippen MR) is 94.3 cm³/mol. The van der Waals surface area contributed by atoms with E-state index < -0.39 is 0 Å². The van der Waals surface area contributed by atoms with Crippen molar-refractivity contribution in [2.75, 3.05) is 37.7 Å². The van der Waals surface area contributed by atoms with Gasteiger partial charge in [0.1, 0.15) is 0 Å². The van der Waals surface area contributed by atoms with E-state index in [1.165, 1.54) is 29.8 Å². The molecule has 2 heterocycles. The van der Waals surface area contributed by atoms with E-state index in [0.29, 0.717) is 0 Å². The van der Waals surface area contributed by atoms with Crippen LogP contribution in [0.25, 0.3) is 0 Å². The lowest BCUT2D eigenvalue weighted by Crippen LogP contribution is -2.45. The Bertz CT molecular complexity index is 662. The Morgan fingerprint density at radius 1 is 0.913 bits per heavy atom. The molecule has 4 rings (SSSR count). The largest absolute Gasteiger partial charge is 0.395 e. The van der Waals surface area contributed by atoms with Crippen LogP contribution in [0.2, 0.25) is 0 Å². The summed E-state index contributed by atoms with van der Waals surface area (Å²) in [6.07, 6.45) is 2.35. The van der Waals surface area contributed by atoms with Crippen molar-refractivity contribution >= 4 is 11.4 Å². The van der Waals surface area contributed by atoms with Gasteiger partial charge in [-0.3, -0.25) is 0 Å². The Balaban J connectivity index is 1.66. The van der Waals surface area contributed by atoms with Crippen LogP contribution in [-0.4, -0.2) is 42.8 Å². The summed E-state index contributed by atoms with van der Waals surface area (Å²) in [6, 6.07) is 19.6. The summed E-state index contributed by atoms with van der Waals surface area (Å²) < 4.78 is 0. The Labute approximate surface area is 138 Å². The second-order valence-corrected chi connectivity index (χ2v) is 6.78. The number of nitrogens with zero attached hydrogens (tertiary/aromatic N) is 2. The molecule has 0 aromatic heterocycles. The van der Waals surface area contributed by atoms with Crippen LogP contribution in [0.5, 0.6) is 0 Å². The summed E-state index contributed by atoms with van der Waals surface area (Å²) in [5.74, 6) is 0. The first-order valence-corrected chi connectivity index (χ1v) is 8.58. The van der Waals surface area contributed by atoms with E-state index in [2.05, 4.69) is 64.4 Å². The van der Waals surface area contributed by atoms with Gasteiger partial charge in [0, 0.05) is 29.9 Å².